The summed E-state index contributed by atoms with van der Waals surface area (Å²) in [7, 11) is 0. The van der Waals surface area contributed by atoms with Crippen LogP contribution in [0.15, 0.2) is 85.1 Å². The molecule has 0 heterocycles. The van der Waals surface area contributed by atoms with E-state index in [1.807, 2.05) is 72.9 Å². The minimum atomic E-state index is -0.792. The molecule has 6 nitrogen and oxygen atoms in total. The van der Waals surface area contributed by atoms with Gasteiger partial charge in [0.05, 0.1) is 0 Å². The molecular weight excluding hydrogens is 793 g/mol. The van der Waals surface area contributed by atoms with Crippen molar-refractivity contribution in [1.29, 1.82) is 0 Å². The molecule has 64 heavy (non-hydrogen) atoms. The second-order valence-electron chi connectivity index (χ2n) is 17.6. The molecule has 0 saturated carbocycles. The van der Waals surface area contributed by atoms with E-state index in [0.29, 0.717) is 19.3 Å². The zero-order valence-electron chi connectivity index (χ0n) is 41.8. The van der Waals surface area contributed by atoms with Crippen LogP contribution in [0, 0.1) is 0 Å². The van der Waals surface area contributed by atoms with Crippen LogP contribution in [0.2, 0.25) is 0 Å². The third-order valence-corrected chi connectivity index (χ3v) is 11.4. The quantitative estimate of drug-likeness (QED) is 0.0262. The summed E-state index contributed by atoms with van der Waals surface area (Å²) in [4.78, 5) is 38.0. The number of ether oxygens (including phenoxy) is 3. The molecule has 1 unspecified atom stereocenters. The van der Waals surface area contributed by atoms with E-state index in [1.165, 1.54) is 135 Å². The first kappa shape index (κ1) is 60.6. The van der Waals surface area contributed by atoms with E-state index in [1.54, 1.807) is 0 Å². The summed E-state index contributed by atoms with van der Waals surface area (Å²) in [6.07, 6.45) is 67.0. The molecule has 1 atom stereocenters. The molecule has 0 aromatic rings. The number of carbonyl (C=O) groups is 3. The minimum Gasteiger partial charge on any atom is -0.462 e. The Morgan fingerprint density at radius 2 is 0.609 bits per heavy atom. The van der Waals surface area contributed by atoms with Crippen molar-refractivity contribution >= 4 is 17.9 Å². The number of allylic oxidation sites excluding steroid dienone is 14. The average Bonchev–Trinajstić information content (AvgIpc) is 3.29. The van der Waals surface area contributed by atoms with Crippen LogP contribution in [0.3, 0.4) is 0 Å². The Hall–Kier alpha value is -3.41. The van der Waals surface area contributed by atoms with E-state index >= 15 is 0 Å². The SMILES string of the molecule is CC\C=C/C=C\C=C/C=C\C=C\C=C/C=C\CCCCCC(=O)OCC(COC(=O)CCCCCCCCCCCCCC)OC(=O)CCCCCCCCCCCCCCCCC. The van der Waals surface area contributed by atoms with Gasteiger partial charge in [0.1, 0.15) is 13.2 Å². The van der Waals surface area contributed by atoms with Gasteiger partial charge in [-0.2, -0.15) is 0 Å². The van der Waals surface area contributed by atoms with E-state index in [-0.39, 0.29) is 31.1 Å². The van der Waals surface area contributed by atoms with Crippen molar-refractivity contribution in [3.05, 3.63) is 85.1 Å². The van der Waals surface area contributed by atoms with Gasteiger partial charge in [-0.25, -0.2) is 0 Å². The molecule has 0 aromatic carbocycles. The molecule has 0 aromatic heterocycles. The summed E-state index contributed by atoms with van der Waals surface area (Å²) in [5.41, 5.74) is 0. The summed E-state index contributed by atoms with van der Waals surface area (Å²) in [6.45, 7) is 6.46. The molecule has 366 valence electrons. The lowest BCUT2D eigenvalue weighted by atomic mass is 10.0. The van der Waals surface area contributed by atoms with E-state index < -0.39 is 6.10 Å². The van der Waals surface area contributed by atoms with E-state index in [0.717, 1.165) is 70.6 Å². The molecule has 0 spiro atoms. The molecule has 0 aliphatic heterocycles. The van der Waals surface area contributed by atoms with Crippen molar-refractivity contribution in [1.82, 2.24) is 0 Å². The molecule has 0 amide bonds. The van der Waals surface area contributed by atoms with Gasteiger partial charge in [0.2, 0.25) is 0 Å². The van der Waals surface area contributed by atoms with E-state index in [2.05, 4.69) is 32.9 Å². The number of hydrogen-bond acceptors (Lipinski definition) is 6. The second-order valence-corrected chi connectivity index (χ2v) is 17.6. The number of esters is 3. The topological polar surface area (TPSA) is 78.9 Å². The van der Waals surface area contributed by atoms with Crippen molar-refractivity contribution in [3.8, 4) is 0 Å². The number of carbonyl (C=O) groups excluding carboxylic acids is 3. The predicted octanol–water partition coefficient (Wildman–Crippen LogP) is 17.6. The van der Waals surface area contributed by atoms with Crippen LogP contribution in [0.1, 0.15) is 245 Å². The van der Waals surface area contributed by atoms with Gasteiger partial charge in [-0.05, 0) is 38.5 Å². The number of hydrogen-bond donors (Lipinski definition) is 0. The highest BCUT2D eigenvalue weighted by molar-refractivity contribution is 5.71. The average molecular weight is 891 g/mol. The highest BCUT2D eigenvalue weighted by atomic mass is 16.6. The smallest absolute Gasteiger partial charge is 0.306 e. The van der Waals surface area contributed by atoms with Gasteiger partial charge in [-0.15, -0.1) is 0 Å². The normalized spacial score (nSPS) is 12.7. The van der Waals surface area contributed by atoms with Gasteiger partial charge in [-0.1, -0.05) is 273 Å². The Balaban J connectivity index is 4.47. The van der Waals surface area contributed by atoms with Gasteiger partial charge in [0.25, 0.3) is 0 Å². The summed E-state index contributed by atoms with van der Waals surface area (Å²) >= 11 is 0. The molecule has 6 heteroatoms. The molecular formula is C58H98O6. The molecule has 0 aliphatic carbocycles. The van der Waals surface area contributed by atoms with Gasteiger partial charge in [0.15, 0.2) is 6.10 Å². The van der Waals surface area contributed by atoms with Crippen LogP contribution in [-0.2, 0) is 28.6 Å². The first-order valence-corrected chi connectivity index (χ1v) is 26.7. The summed E-state index contributed by atoms with van der Waals surface area (Å²) in [6, 6.07) is 0. The minimum absolute atomic E-state index is 0.0885. The molecule has 0 aliphatic rings. The predicted molar refractivity (Wildman–Crippen MR) is 274 cm³/mol. The number of unbranched alkanes of at least 4 members (excludes halogenated alkanes) is 28. The largest absolute Gasteiger partial charge is 0.462 e. The van der Waals surface area contributed by atoms with Crippen LogP contribution in [0.5, 0.6) is 0 Å². The number of rotatable bonds is 47. The molecule has 0 fully saturated rings. The zero-order chi connectivity index (χ0) is 46.5. The zero-order valence-corrected chi connectivity index (χ0v) is 41.8. The van der Waals surface area contributed by atoms with Gasteiger partial charge < -0.3 is 14.2 Å². The monoisotopic (exact) mass is 891 g/mol. The molecule has 0 N–H and O–H groups in total. The Bertz CT molecular complexity index is 1250. The standard InChI is InChI=1S/C58H98O6/c1-4-7-10-13-16-19-22-25-27-28-29-30-32-33-36-39-42-45-48-51-57(60)63-54-55(53-62-56(59)50-47-44-41-38-35-24-21-18-15-12-9-6-3)64-58(61)52-49-46-43-40-37-34-31-26-23-20-17-14-11-8-5-2/h7,10,13,16,19,22,25,27-30,32-33,36,55H,4-6,8-9,11-12,14-15,17-18,20-21,23-24,26,31,34-35,37-54H2,1-3H3/b10-7-,16-13-,22-19-,27-25-,29-28+,32-30-,36-33-. The third-order valence-electron chi connectivity index (χ3n) is 11.4. The Morgan fingerprint density at radius 3 is 0.953 bits per heavy atom. The second kappa shape index (κ2) is 52.2. The highest BCUT2D eigenvalue weighted by Gasteiger charge is 2.19. The van der Waals surface area contributed by atoms with Crippen molar-refractivity contribution in [2.45, 2.75) is 252 Å². The lowest BCUT2D eigenvalue weighted by molar-refractivity contribution is -0.167. The third kappa shape index (κ3) is 49.6. The molecule has 0 radical (unpaired) electrons. The van der Waals surface area contributed by atoms with Crippen LogP contribution in [-0.4, -0.2) is 37.2 Å². The van der Waals surface area contributed by atoms with Gasteiger partial charge in [0, 0.05) is 19.3 Å². The molecule has 0 saturated heterocycles. The lowest BCUT2D eigenvalue weighted by Gasteiger charge is -2.18. The van der Waals surface area contributed by atoms with Crippen LogP contribution in [0.25, 0.3) is 0 Å². The maximum absolute atomic E-state index is 12.8. The lowest BCUT2D eigenvalue weighted by Crippen LogP contribution is -2.30. The van der Waals surface area contributed by atoms with Crippen molar-refractivity contribution in [2.24, 2.45) is 0 Å². The Morgan fingerprint density at radius 1 is 0.328 bits per heavy atom. The molecule has 0 rings (SSSR count). The fourth-order valence-electron chi connectivity index (χ4n) is 7.37. The van der Waals surface area contributed by atoms with Crippen LogP contribution < -0.4 is 0 Å². The highest BCUT2D eigenvalue weighted by Crippen LogP contribution is 2.16. The van der Waals surface area contributed by atoms with Crippen molar-refractivity contribution < 1.29 is 28.6 Å². The molecule has 0 bridgehead atoms. The summed E-state index contributed by atoms with van der Waals surface area (Å²) in [5.74, 6) is -0.930. The van der Waals surface area contributed by atoms with Crippen molar-refractivity contribution in [3.63, 3.8) is 0 Å². The first-order valence-electron chi connectivity index (χ1n) is 26.7. The fraction of sp³-hybridized carbons (Fsp3) is 0.707. The maximum atomic E-state index is 12.8. The summed E-state index contributed by atoms with van der Waals surface area (Å²) in [5, 5.41) is 0. The Labute approximate surface area is 395 Å². The van der Waals surface area contributed by atoms with E-state index in [4.69, 9.17) is 14.2 Å². The fourth-order valence-corrected chi connectivity index (χ4v) is 7.37. The summed E-state index contributed by atoms with van der Waals surface area (Å²) < 4.78 is 16.8. The van der Waals surface area contributed by atoms with Crippen LogP contribution >= 0.6 is 0 Å². The van der Waals surface area contributed by atoms with Crippen LogP contribution in [0.4, 0.5) is 0 Å². The van der Waals surface area contributed by atoms with Gasteiger partial charge >= 0.3 is 17.9 Å². The Kier molecular flexibility index (Phi) is 49.4. The first-order chi connectivity index (χ1) is 31.5. The maximum Gasteiger partial charge on any atom is 0.306 e. The van der Waals surface area contributed by atoms with Crippen molar-refractivity contribution in [2.75, 3.05) is 13.2 Å². The van der Waals surface area contributed by atoms with Gasteiger partial charge in [-0.3, -0.25) is 14.4 Å². The van der Waals surface area contributed by atoms with E-state index in [9.17, 15) is 14.4 Å².